The number of nitrogens with zero attached hydrogens (tertiary/aromatic N) is 1. The van der Waals surface area contributed by atoms with Gasteiger partial charge in [0.05, 0.1) is 7.11 Å². The summed E-state index contributed by atoms with van der Waals surface area (Å²) in [5.74, 6) is 5.87. The Labute approximate surface area is 108 Å². The number of pyridine rings is 1. The number of ether oxygens (including phenoxy) is 1. The second-order valence-electron chi connectivity index (χ2n) is 4.22. The minimum atomic E-state index is 0.0136. The molecule has 1 heterocycles. The first-order valence-electron chi connectivity index (χ1n) is 6.23. The van der Waals surface area contributed by atoms with Crippen molar-refractivity contribution >= 4 is 5.91 Å². The van der Waals surface area contributed by atoms with Crippen molar-refractivity contribution in [1.82, 2.24) is 10.4 Å². The summed E-state index contributed by atoms with van der Waals surface area (Å²) >= 11 is 0. The summed E-state index contributed by atoms with van der Waals surface area (Å²) in [5, 5.41) is 0. The average molecular weight is 251 g/mol. The van der Waals surface area contributed by atoms with Gasteiger partial charge in [-0.1, -0.05) is 25.3 Å². The van der Waals surface area contributed by atoms with Crippen LogP contribution in [0.2, 0.25) is 0 Å². The van der Waals surface area contributed by atoms with Gasteiger partial charge in [-0.05, 0) is 18.9 Å². The van der Waals surface area contributed by atoms with Gasteiger partial charge in [-0.25, -0.2) is 10.8 Å². The standard InChI is InChI=1S/C7H14N2O.C6H7NO/c8-9-7(10)6-4-2-1-3-5-6;1-8-6-4-2-3-5-7-6/h6H,1-5,8H2,(H,9,10);2-5H,1H3. The lowest BCUT2D eigenvalue weighted by Crippen LogP contribution is -2.36. The number of hydrogen-bond acceptors (Lipinski definition) is 4. The fourth-order valence-electron chi connectivity index (χ4n) is 1.95. The van der Waals surface area contributed by atoms with Crippen LogP contribution in [-0.2, 0) is 4.79 Å². The number of amides is 1. The predicted molar refractivity (Wildman–Crippen MR) is 69.7 cm³/mol. The van der Waals surface area contributed by atoms with Crippen LogP contribution in [0, 0.1) is 5.92 Å². The number of aromatic nitrogens is 1. The molecule has 1 fully saturated rings. The molecule has 0 bridgehead atoms. The molecule has 2 rings (SSSR count). The lowest BCUT2D eigenvalue weighted by molar-refractivity contribution is -0.125. The molecule has 100 valence electrons. The summed E-state index contributed by atoms with van der Waals surface area (Å²) < 4.78 is 4.80. The average Bonchev–Trinajstić information content (AvgIpc) is 2.49. The van der Waals surface area contributed by atoms with Gasteiger partial charge in [0.1, 0.15) is 0 Å². The highest BCUT2D eigenvalue weighted by Gasteiger charge is 2.19. The normalized spacial score (nSPS) is 15.2. The fourth-order valence-corrected chi connectivity index (χ4v) is 1.95. The summed E-state index contributed by atoms with van der Waals surface area (Å²) in [4.78, 5) is 14.8. The third-order valence-electron chi connectivity index (χ3n) is 2.97. The van der Waals surface area contributed by atoms with E-state index in [2.05, 4.69) is 10.4 Å². The van der Waals surface area contributed by atoms with Crippen molar-refractivity contribution in [1.29, 1.82) is 0 Å². The van der Waals surface area contributed by atoms with E-state index in [-0.39, 0.29) is 11.8 Å². The van der Waals surface area contributed by atoms with Crippen LogP contribution in [0.25, 0.3) is 0 Å². The maximum Gasteiger partial charge on any atom is 0.236 e. The second-order valence-corrected chi connectivity index (χ2v) is 4.22. The summed E-state index contributed by atoms with van der Waals surface area (Å²) in [7, 11) is 1.60. The molecule has 0 saturated heterocycles. The van der Waals surface area contributed by atoms with E-state index in [1.165, 1.54) is 19.3 Å². The van der Waals surface area contributed by atoms with Gasteiger partial charge in [0, 0.05) is 18.2 Å². The van der Waals surface area contributed by atoms with Gasteiger partial charge in [0.25, 0.3) is 0 Å². The van der Waals surface area contributed by atoms with E-state index >= 15 is 0 Å². The number of carbonyl (C=O) groups is 1. The van der Waals surface area contributed by atoms with Gasteiger partial charge in [-0.2, -0.15) is 0 Å². The Hall–Kier alpha value is -1.62. The lowest BCUT2D eigenvalue weighted by atomic mass is 9.89. The van der Waals surface area contributed by atoms with Crippen molar-refractivity contribution in [2.45, 2.75) is 32.1 Å². The van der Waals surface area contributed by atoms with Crippen molar-refractivity contribution in [3.05, 3.63) is 24.4 Å². The maximum absolute atomic E-state index is 10.9. The van der Waals surface area contributed by atoms with Crippen LogP contribution in [0.3, 0.4) is 0 Å². The van der Waals surface area contributed by atoms with E-state index in [0.29, 0.717) is 5.88 Å². The smallest absolute Gasteiger partial charge is 0.236 e. The largest absolute Gasteiger partial charge is 0.481 e. The third kappa shape index (κ3) is 5.14. The number of rotatable bonds is 2. The number of hydrogen-bond donors (Lipinski definition) is 2. The van der Waals surface area contributed by atoms with Gasteiger partial charge >= 0.3 is 0 Å². The first kappa shape index (κ1) is 14.4. The highest BCUT2D eigenvalue weighted by atomic mass is 16.5. The Morgan fingerprint density at radius 3 is 2.56 bits per heavy atom. The highest BCUT2D eigenvalue weighted by Crippen LogP contribution is 2.23. The molecular formula is C13H21N3O2. The van der Waals surface area contributed by atoms with Crippen molar-refractivity contribution in [3.8, 4) is 5.88 Å². The van der Waals surface area contributed by atoms with E-state index in [4.69, 9.17) is 10.6 Å². The summed E-state index contributed by atoms with van der Waals surface area (Å²) in [6.07, 6.45) is 7.36. The summed E-state index contributed by atoms with van der Waals surface area (Å²) in [5.41, 5.74) is 2.20. The molecule has 0 unspecified atom stereocenters. The maximum atomic E-state index is 10.9. The number of carbonyl (C=O) groups excluding carboxylic acids is 1. The van der Waals surface area contributed by atoms with E-state index < -0.39 is 0 Å². The molecule has 5 heteroatoms. The monoisotopic (exact) mass is 251 g/mol. The zero-order valence-corrected chi connectivity index (χ0v) is 10.8. The molecule has 3 N–H and O–H groups in total. The Bertz CT molecular complexity index is 337. The van der Waals surface area contributed by atoms with Crippen LogP contribution in [0.5, 0.6) is 5.88 Å². The van der Waals surface area contributed by atoms with E-state index in [9.17, 15) is 4.79 Å². The Balaban J connectivity index is 0.000000184. The highest BCUT2D eigenvalue weighted by molar-refractivity contribution is 5.77. The first-order valence-corrected chi connectivity index (χ1v) is 6.23. The molecule has 1 aliphatic rings. The molecule has 0 aromatic carbocycles. The predicted octanol–water partition coefficient (Wildman–Crippen LogP) is 1.65. The third-order valence-corrected chi connectivity index (χ3v) is 2.97. The molecule has 1 saturated carbocycles. The van der Waals surface area contributed by atoms with Gasteiger partial charge in [-0.3, -0.25) is 10.2 Å². The van der Waals surface area contributed by atoms with Crippen LogP contribution < -0.4 is 16.0 Å². The number of nitrogens with one attached hydrogen (secondary N) is 1. The molecule has 0 radical (unpaired) electrons. The lowest BCUT2D eigenvalue weighted by Gasteiger charge is -2.19. The quantitative estimate of drug-likeness (QED) is 0.476. The fraction of sp³-hybridized carbons (Fsp3) is 0.538. The molecule has 1 aliphatic carbocycles. The zero-order valence-electron chi connectivity index (χ0n) is 10.8. The van der Waals surface area contributed by atoms with E-state index in [0.717, 1.165) is 12.8 Å². The van der Waals surface area contributed by atoms with Gasteiger partial charge < -0.3 is 4.74 Å². The van der Waals surface area contributed by atoms with Crippen molar-refractivity contribution < 1.29 is 9.53 Å². The van der Waals surface area contributed by atoms with Crippen LogP contribution in [0.1, 0.15) is 32.1 Å². The molecule has 1 aromatic heterocycles. The molecule has 0 aliphatic heterocycles. The van der Waals surface area contributed by atoms with Crippen LogP contribution >= 0.6 is 0 Å². The molecule has 0 atom stereocenters. The van der Waals surface area contributed by atoms with Crippen LogP contribution in [0.4, 0.5) is 0 Å². The van der Waals surface area contributed by atoms with Crippen LogP contribution in [-0.4, -0.2) is 18.0 Å². The number of methoxy groups -OCH3 is 1. The van der Waals surface area contributed by atoms with Crippen LogP contribution in [0.15, 0.2) is 24.4 Å². The zero-order chi connectivity index (χ0) is 13.2. The first-order chi connectivity index (χ1) is 8.77. The van der Waals surface area contributed by atoms with Gasteiger partial charge in [0.15, 0.2) is 0 Å². The minimum absolute atomic E-state index is 0.0136. The van der Waals surface area contributed by atoms with Crippen molar-refractivity contribution in [2.24, 2.45) is 11.8 Å². The SMILES string of the molecule is COc1ccccn1.NNC(=O)C1CCCCC1. The van der Waals surface area contributed by atoms with Gasteiger partial charge in [-0.15, -0.1) is 0 Å². The number of hydrazine groups is 1. The Kier molecular flexibility index (Phi) is 6.79. The second kappa shape index (κ2) is 8.47. The molecule has 18 heavy (non-hydrogen) atoms. The van der Waals surface area contributed by atoms with E-state index in [1.807, 2.05) is 12.1 Å². The molecule has 1 aromatic rings. The molecule has 1 amide bonds. The Morgan fingerprint density at radius 1 is 1.39 bits per heavy atom. The molecular weight excluding hydrogens is 230 g/mol. The summed E-state index contributed by atoms with van der Waals surface area (Å²) in [6, 6.07) is 5.54. The van der Waals surface area contributed by atoms with Crippen molar-refractivity contribution in [2.75, 3.05) is 7.11 Å². The topological polar surface area (TPSA) is 77.2 Å². The molecule has 0 spiro atoms. The minimum Gasteiger partial charge on any atom is -0.481 e. The number of nitrogens with two attached hydrogens (primary N) is 1. The summed E-state index contributed by atoms with van der Waals surface area (Å²) in [6.45, 7) is 0. The van der Waals surface area contributed by atoms with E-state index in [1.54, 1.807) is 19.4 Å². The Morgan fingerprint density at radius 2 is 2.11 bits per heavy atom. The molecule has 5 nitrogen and oxygen atoms in total. The van der Waals surface area contributed by atoms with Gasteiger partial charge in [0.2, 0.25) is 11.8 Å². The van der Waals surface area contributed by atoms with Crippen molar-refractivity contribution in [3.63, 3.8) is 0 Å².